The van der Waals surface area contributed by atoms with Crippen molar-refractivity contribution in [3.8, 4) is 12.1 Å². The number of nitriles is 2. The number of aliphatic hydroxyl groups is 2. The quantitative estimate of drug-likeness (QED) is 0.432. The van der Waals surface area contributed by atoms with E-state index in [1.165, 1.54) is 6.92 Å². The van der Waals surface area contributed by atoms with Crippen LogP contribution in [0.4, 0.5) is 4.79 Å². The normalized spacial score (nSPS) is 26.5. The first-order valence-electron chi connectivity index (χ1n) is 11.0. The first kappa shape index (κ1) is 28.8. The summed E-state index contributed by atoms with van der Waals surface area (Å²) < 4.78 is 11.5. The number of carbonyl (C=O) groups is 2. The van der Waals surface area contributed by atoms with E-state index in [-0.39, 0.29) is 11.5 Å². The number of hydrogen-bond acceptors (Lipinski definition) is 8. The summed E-state index contributed by atoms with van der Waals surface area (Å²) in [4.78, 5) is 24.2. The highest BCUT2D eigenvalue weighted by molar-refractivity contribution is 6.74. The highest BCUT2D eigenvalue weighted by Crippen LogP contribution is 2.43. The number of aliphatic hydroxyl groups excluding tert-OH is 2. The van der Waals surface area contributed by atoms with Crippen LogP contribution < -0.4 is 10.6 Å². The van der Waals surface area contributed by atoms with Gasteiger partial charge in [0.15, 0.2) is 8.32 Å². The van der Waals surface area contributed by atoms with Gasteiger partial charge in [0.2, 0.25) is 11.5 Å². The van der Waals surface area contributed by atoms with Crippen LogP contribution in [0.2, 0.25) is 18.1 Å². The van der Waals surface area contributed by atoms with Gasteiger partial charge in [0.05, 0.1) is 18.2 Å². The van der Waals surface area contributed by atoms with Crippen LogP contribution in [0, 0.1) is 28.6 Å². The second kappa shape index (κ2) is 9.98. The Morgan fingerprint density at radius 2 is 1.52 bits per heavy atom. The minimum absolute atomic E-state index is 0.113. The molecular weight excluding hydrogens is 444 g/mol. The predicted molar refractivity (Wildman–Crippen MR) is 123 cm³/mol. The van der Waals surface area contributed by atoms with Gasteiger partial charge in [-0.3, -0.25) is 4.79 Å². The lowest BCUT2D eigenvalue weighted by molar-refractivity contribution is -0.129. The van der Waals surface area contributed by atoms with Crippen LogP contribution in [0.3, 0.4) is 0 Å². The Balaban J connectivity index is 3.42. The molecule has 0 spiro atoms. The number of carbonyl (C=O) groups excluding carboxylic acids is 2. The van der Waals surface area contributed by atoms with Crippen LogP contribution in [0.1, 0.15) is 54.9 Å². The Kier molecular flexibility index (Phi) is 8.72. The van der Waals surface area contributed by atoms with Gasteiger partial charge in [0, 0.05) is 12.8 Å². The number of ether oxygens (including phenoxy) is 1. The fraction of sp³-hybridized carbons (Fsp3) is 0.818. The number of alkyl carbamates (subject to hydrolysis) is 1. The third-order valence-electron chi connectivity index (χ3n) is 6.22. The fourth-order valence-electron chi connectivity index (χ4n) is 3.55. The molecule has 0 bridgehead atoms. The van der Waals surface area contributed by atoms with Gasteiger partial charge >= 0.3 is 6.09 Å². The molecule has 1 aliphatic carbocycles. The molecule has 11 heteroatoms. The number of rotatable bonds is 5. The molecule has 0 aromatic heterocycles. The Morgan fingerprint density at radius 3 is 1.91 bits per heavy atom. The molecule has 0 aliphatic heterocycles. The van der Waals surface area contributed by atoms with Crippen molar-refractivity contribution in [1.29, 1.82) is 10.5 Å². The molecule has 0 aromatic rings. The first-order chi connectivity index (χ1) is 14.8. The van der Waals surface area contributed by atoms with E-state index in [0.29, 0.717) is 0 Å². The predicted octanol–water partition coefficient (Wildman–Crippen LogP) is 1.93. The average Bonchev–Trinajstić information content (AvgIpc) is 2.63. The van der Waals surface area contributed by atoms with E-state index in [2.05, 4.69) is 10.6 Å². The van der Waals surface area contributed by atoms with Crippen LogP contribution in [0.15, 0.2) is 0 Å². The zero-order valence-electron chi connectivity index (χ0n) is 21.0. The van der Waals surface area contributed by atoms with E-state index in [0.717, 1.165) is 0 Å². The largest absolute Gasteiger partial charge is 0.444 e. The minimum atomic E-state index is -2.67. The molecule has 4 N–H and O–H groups in total. The molecule has 0 saturated heterocycles. The lowest BCUT2D eigenvalue weighted by Gasteiger charge is -2.49. The average molecular weight is 483 g/mol. The molecule has 33 heavy (non-hydrogen) atoms. The molecule has 2 amide bonds. The van der Waals surface area contributed by atoms with Crippen LogP contribution in [0.25, 0.3) is 0 Å². The van der Waals surface area contributed by atoms with E-state index < -0.39 is 61.7 Å². The van der Waals surface area contributed by atoms with Crippen molar-refractivity contribution < 1.29 is 29.0 Å². The Hall–Kier alpha value is -2.18. The van der Waals surface area contributed by atoms with Gasteiger partial charge in [0.1, 0.15) is 23.8 Å². The smallest absolute Gasteiger partial charge is 0.407 e. The summed E-state index contributed by atoms with van der Waals surface area (Å²) in [5.74, 6) is -1.65. The lowest BCUT2D eigenvalue weighted by atomic mass is 9.71. The van der Waals surface area contributed by atoms with Crippen molar-refractivity contribution in [2.75, 3.05) is 0 Å². The van der Waals surface area contributed by atoms with E-state index in [1.54, 1.807) is 20.8 Å². The summed E-state index contributed by atoms with van der Waals surface area (Å²) in [5.41, 5.74) is -2.87. The molecule has 0 radical (unpaired) electrons. The van der Waals surface area contributed by atoms with Crippen LogP contribution in [0.5, 0.6) is 0 Å². The molecule has 1 saturated carbocycles. The van der Waals surface area contributed by atoms with Gasteiger partial charge in [0.25, 0.3) is 0 Å². The van der Waals surface area contributed by atoms with E-state index in [9.17, 15) is 30.3 Å². The molecule has 0 unspecified atom stereocenters. The monoisotopic (exact) mass is 482 g/mol. The summed E-state index contributed by atoms with van der Waals surface area (Å²) >= 11 is 0. The zero-order valence-corrected chi connectivity index (χ0v) is 22.0. The van der Waals surface area contributed by atoms with Crippen molar-refractivity contribution in [1.82, 2.24) is 10.6 Å². The fourth-order valence-corrected chi connectivity index (χ4v) is 4.90. The van der Waals surface area contributed by atoms with Crippen molar-refractivity contribution >= 4 is 20.3 Å². The summed E-state index contributed by atoms with van der Waals surface area (Å²) in [5, 5.41) is 46.7. The maximum atomic E-state index is 12.5. The molecule has 1 aliphatic rings. The van der Waals surface area contributed by atoms with E-state index in [1.807, 2.05) is 46.0 Å². The molecule has 5 atom stereocenters. The van der Waals surface area contributed by atoms with Crippen molar-refractivity contribution in [3.05, 3.63) is 0 Å². The number of nitrogens with zero attached hydrogens (tertiary/aromatic N) is 2. The van der Waals surface area contributed by atoms with Crippen LogP contribution in [-0.2, 0) is 14.0 Å². The highest BCUT2D eigenvalue weighted by Gasteiger charge is 2.57. The third kappa shape index (κ3) is 6.90. The maximum Gasteiger partial charge on any atom is 0.407 e. The maximum absolute atomic E-state index is 12.5. The van der Waals surface area contributed by atoms with E-state index >= 15 is 0 Å². The van der Waals surface area contributed by atoms with Crippen molar-refractivity contribution in [2.45, 2.75) is 109 Å². The van der Waals surface area contributed by atoms with Crippen LogP contribution >= 0.6 is 0 Å². The Morgan fingerprint density at radius 1 is 1.00 bits per heavy atom. The third-order valence-corrected chi connectivity index (χ3v) is 10.7. The summed E-state index contributed by atoms with van der Waals surface area (Å²) in [6.45, 7) is 15.9. The topological polar surface area (TPSA) is 165 Å². The number of nitrogens with one attached hydrogen (secondary N) is 2. The molecule has 0 heterocycles. The lowest BCUT2D eigenvalue weighted by Crippen LogP contribution is -2.68. The van der Waals surface area contributed by atoms with Crippen molar-refractivity contribution in [2.24, 2.45) is 5.92 Å². The van der Waals surface area contributed by atoms with Gasteiger partial charge in [-0.05, 0) is 45.3 Å². The summed E-state index contributed by atoms with van der Waals surface area (Å²) in [7, 11) is -2.67. The molecule has 186 valence electrons. The Labute approximate surface area is 197 Å². The molecule has 1 rings (SSSR count). The highest BCUT2D eigenvalue weighted by atomic mass is 28.4. The molecular formula is C22H38N4O6Si. The zero-order chi connectivity index (χ0) is 26.0. The standard InChI is InChI=1S/C22H38N4O6Si/c1-13(27)25-16-15(26-19(30)31-20(2,3)4)10-14(17(28)18(16)29)22(11-23,12-24)32-33(8,9)21(5,6)7/h14-18,28-29H,10H2,1-9H3,(H,25,27)(H,26,30)/t14-,15-,16+,17+,18-/m0/s1. The summed E-state index contributed by atoms with van der Waals surface area (Å²) in [6.07, 6.45) is -4.05. The Bertz CT molecular complexity index is 807. The molecule has 0 aromatic carbocycles. The van der Waals surface area contributed by atoms with Crippen LogP contribution in [-0.4, -0.2) is 66.0 Å². The van der Waals surface area contributed by atoms with E-state index in [4.69, 9.17) is 9.16 Å². The molecule has 1 fully saturated rings. The SMILES string of the molecule is CC(=O)N[C@H]1[C@H](O)[C@H](O)[C@@H](C(C#N)(C#N)O[Si](C)(C)C(C)(C)C)C[C@@H]1NC(=O)OC(C)(C)C. The second-order valence-electron chi connectivity index (χ2n) is 11.1. The van der Waals surface area contributed by atoms with Gasteiger partial charge in [-0.15, -0.1) is 0 Å². The van der Waals surface area contributed by atoms with Gasteiger partial charge in [-0.2, -0.15) is 10.5 Å². The molecule has 10 nitrogen and oxygen atoms in total. The minimum Gasteiger partial charge on any atom is -0.444 e. The summed E-state index contributed by atoms with van der Waals surface area (Å²) in [6, 6.07) is 1.86. The second-order valence-corrected chi connectivity index (χ2v) is 15.8. The van der Waals surface area contributed by atoms with Gasteiger partial charge in [-0.25, -0.2) is 4.79 Å². The number of hydrogen-bond donors (Lipinski definition) is 4. The first-order valence-corrected chi connectivity index (χ1v) is 13.9. The number of amides is 2. The van der Waals surface area contributed by atoms with Gasteiger partial charge < -0.3 is 30.0 Å². The van der Waals surface area contributed by atoms with Crippen molar-refractivity contribution in [3.63, 3.8) is 0 Å². The van der Waals surface area contributed by atoms with Gasteiger partial charge in [-0.1, -0.05) is 20.8 Å².